The smallest absolute Gasteiger partial charge is 0.485 e. The number of methoxy groups -OCH3 is 2. The summed E-state index contributed by atoms with van der Waals surface area (Å²) in [5.41, 5.74) is -5.65. The quantitative estimate of drug-likeness (QED) is 0.474. The van der Waals surface area contributed by atoms with E-state index >= 15 is 0 Å². The molecule has 0 heterocycles. The molecule has 0 bridgehead atoms. The lowest BCUT2D eigenvalue weighted by Gasteiger charge is -2.08. The maximum atomic E-state index is 10.7. The Morgan fingerprint density at radius 1 is 1.10 bits per heavy atom. The van der Waals surface area contributed by atoms with E-state index in [1.54, 1.807) is 14.2 Å². The molecule has 1 aromatic rings. The van der Waals surface area contributed by atoms with Crippen molar-refractivity contribution in [3.8, 4) is 11.5 Å². The Morgan fingerprint density at radius 3 is 1.81 bits per heavy atom. The largest absolute Gasteiger partial charge is 0.741 e. The van der Waals surface area contributed by atoms with Crippen LogP contribution in [0.1, 0.15) is 0 Å². The molecule has 0 aliphatic carbocycles. The molecule has 122 valence electrons. The van der Waals surface area contributed by atoms with E-state index in [0.717, 1.165) is 11.5 Å². The Bertz CT molecular complexity index is 555. The molecule has 0 fully saturated rings. The minimum absolute atomic E-state index is 0.263. The maximum Gasteiger partial charge on any atom is 0.485 e. The molecule has 5 nitrogen and oxygen atoms in total. The Kier molecular flexibility index (Phi) is 7.34. The Balaban J connectivity index is 0.000000433. The fourth-order valence-electron chi connectivity index (χ4n) is 1.07. The molecule has 1 aromatic carbocycles. The summed E-state index contributed by atoms with van der Waals surface area (Å²) >= 11 is 0. The SMILES string of the molecule is COc1ccc([S+](C)C)cc1OC.O=S(=O)([O-])C(F)(F)F. The van der Waals surface area contributed by atoms with Crippen molar-refractivity contribution in [1.29, 1.82) is 0 Å². The number of hydrogen-bond donors (Lipinski definition) is 0. The highest BCUT2D eigenvalue weighted by molar-refractivity contribution is 7.95. The van der Waals surface area contributed by atoms with Crippen LogP contribution in [0, 0.1) is 0 Å². The third-order valence-electron chi connectivity index (χ3n) is 2.11. The molecule has 0 atom stereocenters. The van der Waals surface area contributed by atoms with Crippen LogP contribution in [-0.2, 0) is 21.0 Å². The van der Waals surface area contributed by atoms with E-state index in [0.29, 0.717) is 0 Å². The van der Waals surface area contributed by atoms with Crippen molar-refractivity contribution < 1.29 is 35.6 Å². The molecule has 0 spiro atoms. The van der Waals surface area contributed by atoms with Crippen LogP contribution in [0.15, 0.2) is 23.1 Å². The zero-order valence-electron chi connectivity index (χ0n) is 11.7. The summed E-state index contributed by atoms with van der Waals surface area (Å²) in [4.78, 5) is 1.29. The van der Waals surface area contributed by atoms with Gasteiger partial charge in [-0.25, -0.2) is 8.42 Å². The molecule has 0 unspecified atom stereocenters. The average molecular weight is 348 g/mol. The molecule has 0 N–H and O–H groups in total. The van der Waals surface area contributed by atoms with Crippen LogP contribution in [0.3, 0.4) is 0 Å². The van der Waals surface area contributed by atoms with Crippen molar-refractivity contribution in [3.63, 3.8) is 0 Å². The molecule has 0 saturated heterocycles. The van der Waals surface area contributed by atoms with Crippen molar-refractivity contribution in [3.05, 3.63) is 18.2 Å². The van der Waals surface area contributed by atoms with Gasteiger partial charge >= 0.3 is 5.51 Å². The molecule has 21 heavy (non-hydrogen) atoms. The highest BCUT2D eigenvalue weighted by atomic mass is 32.2. The van der Waals surface area contributed by atoms with Gasteiger partial charge in [-0.3, -0.25) is 0 Å². The van der Waals surface area contributed by atoms with Gasteiger partial charge in [-0.2, -0.15) is 13.2 Å². The summed E-state index contributed by atoms with van der Waals surface area (Å²) < 4.78 is 69.3. The molecule has 0 aliphatic heterocycles. The molecular formula is C11H15F3O5S2. The lowest BCUT2D eigenvalue weighted by Crippen LogP contribution is -2.21. The van der Waals surface area contributed by atoms with Crippen molar-refractivity contribution >= 4 is 21.0 Å². The summed E-state index contributed by atoms with van der Waals surface area (Å²) in [7, 11) is -2.52. The normalized spacial score (nSPS) is 11.7. The van der Waals surface area contributed by atoms with Crippen molar-refractivity contribution in [2.45, 2.75) is 10.4 Å². The second-order valence-electron chi connectivity index (χ2n) is 3.73. The van der Waals surface area contributed by atoms with Crippen LogP contribution in [-0.4, -0.2) is 45.2 Å². The molecule has 1 rings (SSSR count). The molecular weight excluding hydrogens is 333 g/mol. The van der Waals surface area contributed by atoms with Crippen LogP contribution < -0.4 is 9.47 Å². The summed E-state index contributed by atoms with van der Waals surface area (Å²) in [6.07, 6.45) is 4.36. The Labute approximate surface area is 124 Å². The zero-order valence-corrected chi connectivity index (χ0v) is 13.4. The van der Waals surface area contributed by atoms with Gasteiger partial charge in [0.25, 0.3) is 0 Å². The fraction of sp³-hybridized carbons (Fsp3) is 0.455. The highest BCUT2D eigenvalue weighted by Gasteiger charge is 2.36. The minimum Gasteiger partial charge on any atom is -0.741 e. The fourth-order valence-corrected chi connectivity index (χ4v) is 1.75. The number of rotatable bonds is 3. The van der Waals surface area contributed by atoms with E-state index in [2.05, 4.69) is 18.6 Å². The van der Waals surface area contributed by atoms with Crippen LogP contribution >= 0.6 is 0 Å². The topological polar surface area (TPSA) is 75.7 Å². The van der Waals surface area contributed by atoms with E-state index in [4.69, 9.17) is 22.4 Å². The van der Waals surface area contributed by atoms with Gasteiger partial charge in [0.15, 0.2) is 26.5 Å². The minimum atomic E-state index is -6.09. The van der Waals surface area contributed by atoms with E-state index < -0.39 is 15.6 Å². The first kappa shape index (κ1) is 19.9. The van der Waals surface area contributed by atoms with Gasteiger partial charge in [0.2, 0.25) is 0 Å². The van der Waals surface area contributed by atoms with E-state index in [9.17, 15) is 13.2 Å². The first-order chi connectivity index (χ1) is 9.44. The Hall–Kier alpha value is -1.13. The van der Waals surface area contributed by atoms with Gasteiger partial charge in [0, 0.05) is 17.0 Å². The number of hydrogen-bond acceptors (Lipinski definition) is 5. The van der Waals surface area contributed by atoms with Gasteiger partial charge in [-0.1, -0.05) is 0 Å². The van der Waals surface area contributed by atoms with Gasteiger partial charge in [0.1, 0.15) is 12.5 Å². The summed E-state index contributed by atoms with van der Waals surface area (Å²) in [5, 5.41) is 0. The van der Waals surface area contributed by atoms with Crippen molar-refractivity contribution in [2.24, 2.45) is 0 Å². The lowest BCUT2D eigenvalue weighted by atomic mass is 10.3. The number of ether oxygens (including phenoxy) is 2. The second kappa shape index (κ2) is 7.76. The standard InChI is InChI=1S/C10H15O2S.CHF3O3S/c1-11-9-6-5-8(13(3)4)7-10(9)12-2;2-1(3,4)8(5,6)7/h5-7H,1-4H3;(H,5,6,7)/q+1;/p-1. The van der Waals surface area contributed by atoms with Crippen LogP contribution in [0.25, 0.3) is 0 Å². The third-order valence-corrected chi connectivity index (χ3v) is 3.87. The van der Waals surface area contributed by atoms with Crippen LogP contribution in [0.2, 0.25) is 0 Å². The molecule has 0 aromatic heterocycles. The zero-order chi connectivity index (χ0) is 16.8. The lowest BCUT2D eigenvalue weighted by molar-refractivity contribution is -0.0517. The van der Waals surface area contributed by atoms with Crippen molar-refractivity contribution in [2.75, 3.05) is 26.7 Å². The molecule has 0 saturated carbocycles. The summed E-state index contributed by atoms with van der Waals surface area (Å²) in [5.74, 6) is 1.60. The van der Waals surface area contributed by atoms with Gasteiger partial charge in [-0.15, -0.1) is 0 Å². The first-order valence-corrected chi connectivity index (χ1v) is 8.70. The second-order valence-corrected chi connectivity index (χ2v) is 7.21. The van der Waals surface area contributed by atoms with E-state index in [1.165, 1.54) is 4.90 Å². The predicted molar refractivity (Wildman–Crippen MR) is 72.8 cm³/mol. The third kappa shape index (κ3) is 6.44. The summed E-state index contributed by atoms with van der Waals surface area (Å²) in [6.45, 7) is 0. The number of alkyl halides is 3. The molecule has 10 heteroatoms. The first-order valence-electron chi connectivity index (χ1n) is 5.25. The highest BCUT2D eigenvalue weighted by Crippen LogP contribution is 2.29. The van der Waals surface area contributed by atoms with Crippen molar-refractivity contribution in [1.82, 2.24) is 0 Å². The summed E-state index contributed by atoms with van der Waals surface area (Å²) in [6, 6.07) is 6.05. The van der Waals surface area contributed by atoms with Crippen LogP contribution in [0.4, 0.5) is 13.2 Å². The molecule has 0 aliphatic rings. The maximum absolute atomic E-state index is 10.7. The number of benzene rings is 1. The molecule has 0 amide bonds. The van der Waals surface area contributed by atoms with Gasteiger partial charge < -0.3 is 14.0 Å². The average Bonchev–Trinajstić information content (AvgIpc) is 2.36. The molecule has 0 radical (unpaired) electrons. The van der Waals surface area contributed by atoms with E-state index in [-0.39, 0.29) is 10.9 Å². The predicted octanol–water partition coefficient (Wildman–Crippen LogP) is 1.99. The monoisotopic (exact) mass is 348 g/mol. The Morgan fingerprint density at radius 2 is 1.52 bits per heavy atom. The van der Waals surface area contributed by atoms with Gasteiger partial charge in [-0.05, 0) is 12.1 Å². The number of halogens is 3. The van der Waals surface area contributed by atoms with Crippen LogP contribution in [0.5, 0.6) is 11.5 Å². The van der Waals surface area contributed by atoms with Gasteiger partial charge in [0.05, 0.1) is 14.2 Å². The van der Waals surface area contributed by atoms with E-state index in [1.807, 2.05) is 12.1 Å².